The summed E-state index contributed by atoms with van der Waals surface area (Å²) in [6, 6.07) is 25.1. The van der Waals surface area contributed by atoms with Gasteiger partial charge in [0.2, 0.25) is 0 Å². The molecule has 0 aromatic carbocycles. The molecule has 0 saturated carbocycles. The number of H-pyrrole nitrogens is 1. The van der Waals surface area contributed by atoms with Gasteiger partial charge in [-0.25, -0.2) is 34.2 Å². The van der Waals surface area contributed by atoms with E-state index in [1.807, 2.05) is 160 Å². The number of halogens is 5. The summed E-state index contributed by atoms with van der Waals surface area (Å²) in [5.74, 6) is 1.51. The quantitative estimate of drug-likeness (QED) is 0.0226. The molecule has 0 spiro atoms. The molecule has 3 fully saturated rings. The molecule has 35 heteroatoms. The van der Waals surface area contributed by atoms with Gasteiger partial charge in [0.15, 0.2) is 0 Å². The topological polar surface area (TPSA) is 296 Å². The number of carboxylic acids is 1. The molecule has 0 aliphatic carbocycles. The van der Waals surface area contributed by atoms with Gasteiger partial charge >= 0.3 is 60.8 Å². The molecule has 6 N–H and O–H groups in total. The van der Waals surface area contributed by atoms with Gasteiger partial charge in [0.25, 0.3) is 5.56 Å². The molecule has 0 amide bonds. The Morgan fingerprint density at radius 3 is 1.31 bits per heavy atom. The van der Waals surface area contributed by atoms with Gasteiger partial charge in [-0.1, -0.05) is 13.8 Å². The summed E-state index contributed by atoms with van der Waals surface area (Å²) in [6.45, 7) is 37.6. The predicted molar refractivity (Wildman–Crippen MR) is 485 cm³/mol. The number of likely N-dealkylation sites (N-methyl/N-ethyl adjacent to an activating group) is 2. The van der Waals surface area contributed by atoms with Gasteiger partial charge in [-0.2, -0.15) is 13.2 Å². The predicted octanol–water partition coefficient (Wildman–Crippen LogP) is 9.82. The van der Waals surface area contributed by atoms with Gasteiger partial charge in [0, 0.05) is 221 Å². The van der Waals surface area contributed by atoms with Crippen LogP contribution in [0.15, 0.2) is 125 Å². The van der Waals surface area contributed by atoms with Crippen molar-refractivity contribution in [3.8, 4) is 28.0 Å². The Labute approximate surface area is 762 Å². The number of piperazine rings is 3. The molecule has 0 bridgehead atoms. The standard InChI is InChI=1S/C28H39N5O2.C25H33N5O2.C21H27BrF3N3O2.C8H11ClN2O2.C7H11BN2O2.Na.H2O/c1-8-31-13-15-32(16-14-31)21(5)27-20(4)24(28(34)35-19(2)3)18-25-23(10-12-33(25)27)22-9-11-29-26(17-22)30(6)7;1-6-28-11-13-29(14-12-28)18(3)24-17(2)21(25(31)32)16-22-20(8-10-30(22)24)19-7-9-26-23(15-19)27(4)5;1-13(2)30-20(29)16-11-18-17(22)5-6-28(18)19(14(16)3)15(4)27-9-7-26(8-10-27)12-21(23,24)25;1-5-3-7(13-2)6(4-10-9)8(12)11-5;1-10(2)7-5-6(8(11)12)3-4-9-7;;/h9-12,17-19,21H,8,13-16H2,1-7H3;7-10,15-16,18H,6,11-14H2,1-5H3,(H,31,32);5-6,11,13,15H,7-10,12H2,1-4H3;3,10H,4H2,1-2H3,(H,11,12);3-5,11-12H,1-2H3;;1H2/q;;;;;+1;/p-1. The number of carbonyl (C=O) groups excluding carboxylic acids is 2. The molecule has 13 rings (SSSR count). The van der Waals surface area contributed by atoms with Crippen molar-refractivity contribution in [3.05, 3.63) is 193 Å². The molecule has 0 radical (unpaired) electrons. The number of anilines is 3. The van der Waals surface area contributed by atoms with Gasteiger partial charge in [0.05, 0.1) is 64.7 Å². The first-order chi connectivity index (χ1) is 57.8. The number of hydrogen-bond acceptors (Lipinski definition) is 23. The number of aromatic carboxylic acids is 1. The van der Waals surface area contributed by atoms with Crippen LogP contribution in [0.25, 0.3) is 38.8 Å². The molecular weight excluding hydrogens is 1690 g/mol. The Kier molecular flexibility index (Phi) is 38.3. The second-order valence-corrected chi connectivity index (χ2v) is 33.3. The number of methoxy groups -OCH3 is 1. The van der Waals surface area contributed by atoms with Crippen LogP contribution in [0.5, 0.6) is 5.75 Å². The SMILES string of the molecule is CCN1CCN(C(C)c2c(C)c(C(=O)O)cc3c(-c4ccnc(N(C)C)c4)ccn23)CC1.CCN1CCN(C(C)c2c(C)c(C(=O)OC(C)C)cc3c(-c4ccnc(N(C)C)c4)ccn23)CC1.CN(C)c1cc(B(O)O)ccn1.COc1cc(C)[nH]c(=O)c1CNCl.Cc1c(C(=O)OC(C)C)cc2c(Br)ccn2c1C(C)N1CCN(CC(F)(F)F)CC1.[Na+].[OH-]. The molecule has 3 aliphatic rings. The molecule has 28 nitrogen and oxygen atoms in total. The molecule has 3 atom stereocenters. The number of nitrogens with one attached hydrogen (secondary N) is 2. The van der Waals surface area contributed by atoms with Crippen molar-refractivity contribution in [3.63, 3.8) is 0 Å². The number of nitrogens with zero attached hydrogens (tertiary/aromatic N) is 15. The molecule has 3 unspecified atom stereocenters. The van der Waals surface area contributed by atoms with Crippen molar-refractivity contribution >= 4 is 92.2 Å². The van der Waals surface area contributed by atoms with E-state index in [0.717, 1.165) is 160 Å². The van der Waals surface area contributed by atoms with E-state index >= 15 is 0 Å². The third-order valence-electron chi connectivity index (χ3n) is 22.7. The molecule has 10 aromatic rings. The van der Waals surface area contributed by atoms with Crippen LogP contribution >= 0.6 is 27.7 Å². The Bertz CT molecular complexity index is 5250. The molecule has 668 valence electrons. The zero-order valence-corrected chi connectivity index (χ0v) is 79.8. The largest absolute Gasteiger partial charge is 1.00 e. The summed E-state index contributed by atoms with van der Waals surface area (Å²) in [4.78, 5) is 86.7. The number of esters is 2. The number of carbonyl (C=O) groups is 3. The van der Waals surface area contributed by atoms with E-state index in [1.165, 1.54) is 12.0 Å². The van der Waals surface area contributed by atoms with Crippen molar-refractivity contribution < 1.29 is 92.0 Å². The fraction of sp³-hybridized carbons (Fsp3) is 0.472. The van der Waals surface area contributed by atoms with E-state index in [0.29, 0.717) is 65.5 Å². The first-order valence-corrected chi connectivity index (χ1v) is 42.5. The fourth-order valence-electron chi connectivity index (χ4n) is 15.9. The maximum absolute atomic E-state index is 13.2. The Hall–Kier alpha value is -8.49. The van der Waals surface area contributed by atoms with Crippen LogP contribution in [0.4, 0.5) is 30.6 Å². The van der Waals surface area contributed by atoms with E-state index in [2.05, 4.69) is 139 Å². The summed E-state index contributed by atoms with van der Waals surface area (Å²) in [5.41, 5.74) is 15.8. The van der Waals surface area contributed by atoms with E-state index in [4.69, 9.17) is 36.0 Å². The molecule has 10 aromatic heterocycles. The van der Waals surface area contributed by atoms with Crippen molar-refractivity contribution in [2.75, 3.05) is 162 Å². The average molecular weight is 1810 g/mol. The number of rotatable bonds is 23. The summed E-state index contributed by atoms with van der Waals surface area (Å²) >= 11 is 8.86. The van der Waals surface area contributed by atoms with Gasteiger partial charge in [-0.3, -0.25) is 24.4 Å². The molecule has 3 aliphatic heterocycles. The Balaban J connectivity index is 0.000000223. The number of aromatic amines is 1. The second-order valence-electron chi connectivity index (χ2n) is 32.2. The van der Waals surface area contributed by atoms with E-state index in [9.17, 15) is 37.5 Å². The number of hydrogen-bond donors (Lipinski definition) is 5. The smallest absolute Gasteiger partial charge is 0.870 e. The number of alkyl halides is 3. The van der Waals surface area contributed by atoms with Crippen LogP contribution in [0, 0.1) is 27.7 Å². The van der Waals surface area contributed by atoms with Crippen LogP contribution in [0.2, 0.25) is 0 Å². The normalized spacial score (nSPS) is 15.0. The monoisotopic (exact) mass is 1810 g/mol. The molecule has 124 heavy (non-hydrogen) atoms. The summed E-state index contributed by atoms with van der Waals surface area (Å²) in [7, 11) is 11.7. The van der Waals surface area contributed by atoms with E-state index in [-0.39, 0.29) is 89.4 Å². The average Bonchev–Trinajstić information content (AvgIpc) is 1.61. The summed E-state index contributed by atoms with van der Waals surface area (Å²) in [6.07, 6.45) is 6.76. The molecule has 3 saturated heterocycles. The van der Waals surface area contributed by atoms with Gasteiger partial charge in [0.1, 0.15) is 23.2 Å². The minimum Gasteiger partial charge on any atom is -0.870 e. The maximum Gasteiger partial charge on any atom is 1.00 e. The Morgan fingerprint density at radius 1 is 0.565 bits per heavy atom. The van der Waals surface area contributed by atoms with Crippen LogP contribution < -0.4 is 64.9 Å². The zero-order chi connectivity index (χ0) is 89.5. The summed E-state index contributed by atoms with van der Waals surface area (Å²) in [5, 5.41) is 27.7. The van der Waals surface area contributed by atoms with Crippen LogP contribution in [-0.2, 0) is 16.0 Å². The second kappa shape index (κ2) is 46.3. The first kappa shape index (κ1) is 103. The minimum atomic E-state index is -4.18. The number of pyridine rings is 7. The number of aromatic nitrogens is 7. The zero-order valence-electron chi connectivity index (χ0n) is 75.5. The third-order valence-corrected chi connectivity index (χ3v) is 23.5. The molecular formula is C89H122BBrClF3N17NaO11. The van der Waals surface area contributed by atoms with Gasteiger partial charge in [-0.15, -0.1) is 0 Å². The maximum atomic E-state index is 13.2. The van der Waals surface area contributed by atoms with Crippen molar-refractivity contribution in [2.45, 2.75) is 133 Å². The van der Waals surface area contributed by atoms with Gasteiger partial charge < -0.3 is 77.5 Å². The van der Waals surface area contributed by atoms with Gasteiger partial charge in [-0.05, 0) is 229 Å². The third kappa shape index (κ3) is 25.7. The number of fused-ring (bicyclic) bond motifs is 3. The number of ether oxygens (including phenoxy) is 3. The Morgan fingerprint density at radius 2 is 0.935 bits per heavy atom. The van der Waals surface area contributed by atoms with E-state index < -0.39 is 25.8 Å². The van der Waals surface area contributed by atoms with Crippen molar-refractivity contribution in [1.29, 1.82) is 0 Å². The first-order valence-electron chi connectivity index (χ1n) is 41.4. The van der Waals surface area contributed by atoms with Crippen LogP contribution in [-0.4, -0.2) is 274 Å². The number of carboxylic acid groups (broad SMARTS) is 1. The van der Waals surface area contributed by atoms with Crippen molar-refractivity contribution in [2.24, 2.45) is 0 Å². The van der Waals surface area contributed by atoms with E-state index in [1.54, 1.807) is 42.4 Å². The number of aryl methyl sites for hydroxylation is 1. The summed E-state index contributed by atoms with van der Waals surface area (Å²) < 4.78 is 61.6. The fourth-order valence-corrected chi connectivity index (χ4v) is 16.5. The van der Waals surface area contributed by atoms with Crippen molar-refractivity contribution in [1.82, 2.24) is 67.4 Å². The molecule has 13 heterocycles. The van der Waals surface area contributed by atoms with Crippen LogP contribution in [0.1, 0.15) is 157 Å². The van der Waals surface area contributed by atoms with Crippen LogP contribution in [0.3, 0.4) is 0 Å². The minimum absolute atomic E-state index is 0.